The first-order chi connectivity index (χ1) is 9.38. The number of aryl methyl sites for hydroxylation is 1. The van der Waals surface area contributed by atoms with Crippen molar-refractivity contribution in [3.63, 3.8) is 0 Å². The van der Waals surface area contributed by atoms with E-state index in [9.17, 15) is 0 Å². The molecular formula is C14H20N4O. The van der Waals surface area contributed by atoms with E-state index in [0.717, 1.165) is 37.5 Å². The first kappa shape index (κ1) is 13.5. The van der Waals surface area contributed by atoms with Crippen molar-refractivity contribution < 1.29 is 4.74 Å². The summed E-state index contributed by atoms with van der Waals surface area (Å²) >= 11 is 0. The minimum Gasteiger partial charge on any atom is -0.494 e. The van der Waals surface area contributed by atoms with Crippen LogP contribution in [0, 0.1) is 0 Å². The number of hydrogen-bond acceptors (Lipinski definition) is 4. The van der Waals surface area contributed by atoms with Gasteiger partial charge >= 0.3 is 0 Å². The third-order valence-electron chi connectivity index (χ3n) is 2.69. The molecular weight excluding hydrogens is 240 g/mol. The molecule has 102 valence electrons. The second-order valence-corrected chi connectivity index (χ2v) is 4.27. The van der Waals surface area contributed by atoms with Gasteiger partial charge in [-0.25, -0.2) is 0 Å². The maximum atomic E-state index is 5.63. The van der Waals surface area contributed by atoms with E-state index in [1.54, 1.807) is 0 Å². The molecule has 0 saturated carbocycles. The molecule has 1 heterocycles. The molecule has 2 rings (SSSR count). The molecule has 1 N–H and O–H groups in total. The summed E-state index contributed by atoms with van der Waals surface area (Å²) < 4.78 is 7.49. The number of nitrogens with one attached hydrogen (secondary N) is 1. The molecule has 0 saturated heterocycles. The largest absolute Gasteiger partial charge is 0.494 e. The van der Waals surface area contributed by atoms with Crippen LogP contribution >= 0.6 is 0 Å². The first-order valence-corrected chi connectivity index (χ1v) is 6.66. The molecule has 0 unspecified atom stereocenters. The summed E-state index contributed by atoms with van der Waals surface area (Å²) in [6.45, 7) is 5.30. The molecule has 1 aromatic carbocycles. The molecule has 0 radical (unpaired) electrons. The fourth-order valence-corrected chi connectivity index (χ4v) is 1.72. The number of para-hydroxylation sites is 1. The average molecular weight is 260 g/mol. The van der Waals surface area contributed by atoms with Gasteiger partial charge in [-0.05, 0) is 18.7 Å². The van der Waals surface area contributed by atoms with Gasteiger partial charge in [-0.15, -0.1) is 5.10 Å². The number of hydrogen-bond donors (Lipinski definition) is 1. The van der Waals surface area contributed by atoms with Crippen molar-refractivity contribution in [3.05, 3.63) is 42.2 Å². The molecule has 0 aliphatic rings. The van der Waals surface area contributed by atoms with Crippen LogP contribution in [0.25, 0.3) is 0 Å². The number of nitrogens with zero attached hydrogens (tertiary/aromatic N) is 3. The van der Waals surface area contributed by atoms with Gasteiger partial charge in [0.1, 0.15) is 5.75 Å². The zero-order valence-electron chi connectivity index (χ0n) is 11.2. The van der Waals surface area contributed by atoms with Gasteiger partial charge in [0, 0.05) is 25.7 Å². The van der Waals surface area contributed by atoms with Crippen molar-refractivity contribution in [3.8, 4) is 5.75 Å². The summed E-state index contributed by atoms with van der Waals surface area (Å²) in [5.41, 5.74) is 0.978. The summed E-state index contributed by atoms with van der Waals surface area (Å²) in [5.74, 6) is 0.911. The topological polar surface area (TPSA) is 52.0 Å². The molecule has 5 nitrogen and oxygen atoms in total. The highest BCUT2D eigenvalue weighted by atomic mass is 16.5. The van der Waals surface area contributed by atoms with E-state index in [-0.39, 0.29) is 0 Å². The van der Waals surface area contributed by atoms with Gasteiger partial charge in [-0.1, -0.05) is 30.3 Å². The maximum absolute atomic E-state index is 5.63. The lowest BCUT2D eigenvalue weighted by Crippen LogP contribution is -2.11. The smallest absolute Gasteiger partial charge is 0.119 e. The minimum absolute atomic E-state index is 0.687. The van der Waals surface area contributed by atoms with E-state index in [2.05, 4.69) is 22.6 Å². The van der Waals surface area contributed by atoms with Gasteiger partial charge in [-0.2, -0.15) is 0 Å². The van der Waals surface area contributed by atoms with Gasteiger partial charge in [0.15, 0.2) is 0 Å². The fraction of sp³-hybridized carbons (Fsp3) is 0.429. The van der Waals surface area contributed by atoms with E-state index in [1.165, 1.54) is 0 Å². The normalized spacial score (nSPS) is 10.6. The highest BCUT2D eigenvalue weighted by Crippen LogP contribution is 2.08. The summed E-state index contributed by atoms with van der Waals surface area (Å²) in [5, 5.41) is 11.4. The van der Waals surface area contributed by atoms with E-state index in [1.807, 2.05) is 41.2 Å². The van der Waals surface area contributed by atoms with Crippen molar-refractivity contribution in [1.29, 1.82) is 0 Å². The Balaban J connectivity index is 1.66. The van der Waals surface area contributed by atoms with Crippen molar-refractivity contribution in [2.24, 2.45) is 0 Å². The lowest BCUT2D eigenvalue weighted by atomic mass is 10.3. The van der Waals surface area contributed by atoms with Gasteiger partial charge in [0.25, 0.3) is 0 Å². The standard InChI is InChI=1S/C14H20N4O/c1-2-15-11-13-12-18(17-16-13)9-6-10-19-14-7-4-3-5-8-14/h3-5,7-8,12,15H,2,6,9-11H2,1H3. The molecule has 5 heteroatoms. The Morgan fingerprint density at radius 2 is 2.11 bits per heavy atom. The van der Waals surface area contributed by atoms with Crippen LogP contribution in [-0.2, 0) is 13.1 Å². The molecule has 2 aromatic rings. The third-order valence-corrected chi connectivity index (χ3v) is 2.69. The Hall–Kier alpha value is -1.88. The van der Waals surface area contributed by atoms with Crippen LogP contribution in [-0.4, -0.2) is 28.1 Å². The Labute approximate surface area is 113 Å². The van der Waals surface area contributed by atoms with Crippen molar-refractivity contribution in [1.82, 2.24) is 20.3 Å². The summed E-state index contributed by atoms with van der Waals surface area (Å²) in [4.78, 5) is 0. The van der Waals surface area contributed by atoms with Crippen molar-refractivity contribution >= 4 is 0 Å². The summed E-state index contributed by atoms with van der Waals surface area (Å²) in [7, 11) is 0. The highest BCUT2D eigenvalue weighted by molar-refractivity contribution is 5.20. The van der Waals surface area contributed by atoms with Crippen LogP contribution in [0.3, 0.4) is 0 Å². The van der Waals surface area contributed by atoms with Crippen LogP contribution < -0.4 is 10.1 Å². The Morgan fingerprint density at radius 3 is 2.89 bits per heavy atom. The number of ether oxygens (including phenoxy) is 1. The minimum atomic E-state index is 0.687. The second-order valence-electron chi connectivity index (χ2n) is 4.27. The van der Waals surface area contributed by atoms with Crippen molar-refractivity contribution in [2.75, 3.05) is 13.2 Å². The molecule has 19 heavy (non-hydrogen) atoms. The van der Waals surface area contributed by atoms with Crippen molar-refractivity contribution in [2.45, 2.75) is 26.4 Å². The summed E-state index contributed by atoms with van der Waals surface area (Å²) in [6.07, 6.45) is 2.89. The van der Waals surface area contributed by atoms with Crippen LogP contribution in [0.4, 0.5) is 0 Å². The van der Waals surface area contributed by atoms with E-state index >= 15 is 0 Å². The van der Waals surface area contributed by atoms with Crippen LogP contribution in [0.5, 0.6) is 5.75 Å². The SMILES string of the molecule is CCNCc1cn(CCCOc2ccccc2)nn1. The molecule has 0 atom stereocenters. The monoisotopic (exact) mass is 260 g/mol. The number of rotatable bonds is 8. The van der Waals surface area contributed by atoms with Gasteiger partial charge in [0.05, 0.1) is 12.3 Å². The second kappa shape index (κ2) is 7.53. The molecule has 0 aliphatic heterocycles. The molecule has 0 bridgehead atoms. The zero-order valence-corrected chi connectivity index (χ0v) is 11.2. The average Bonchev–Trinajstić information content (AvgIpc) is 2.90. The molecule has 0 aliphatic carbocycles. The molecule has 1 aromatic heterocycles. The van der Waals surface area contributed by atoms with Crippen LogP contribution in [0.2, 0.25) is 0 Å². The number of aromatic nitrogens is 3. The van der Waals surface area contributed by atoms with Gasteiger partial charge in [0.2, 0.25) is 0 Å². The predicted octanol–water partition coefficient (Wildman–Crippen LogP) is 1.86. The van der Waals surface area contributed by atoms with E-state index in [4.69, 9.17) is 4.74 Å². The maximum Gasteiger partial charge on any atom is 0.119 e. The molecule has 0 fully saturated rings. The Bertz CT molecular complexity index is 469. The van der Waals surface area contributed by atoms with Crippen LogP contribution in [0.15, 0.2) is 36.5 Å². The molecule has 0 spiro atoms. The van der Waals surface area contributed by atoms with E-state index in [0.29, 0.717) is 6.61 Å². The van der Waals surface area contributed by atoms with Gasteiger partial charge < -0.3 is 10.1 Å². The zero-order chi connectivity index (χ0) is 13.3. The Kier molecular flexibility index (Phi) is 5.37. The predicted molar refractivity (Wildman–Crippen MR) is 74.0 cm³/mol. The third kappa shape index (κ3) is 4.71. The fourth-order valence-electron chi connectivity index (χ4n) is 1.72. The Morgan fingerprint density at radius 1 is 1.26 bits per heavy atom. The van der Waals surface area contributed by atoms with Crippen LogP contribution in [0.1, 0.15) is 19.0 Å². The quantitative estimate of drug-likeness (QED) is 0.736. The summed E-state index contributed by atoms with van der Waals surface area (Å²) in [6, 6.07) is 9.85. The first-order valence-electron chi connectivity index (χ1n) is 6.66. The number of benzene rings is 1. The molecule has 0 amide bonds. The highest BCUT2D eigenvalue weighted by Gasteiger charge is 2.00. The van der Waals surface area contributed by atoms with E-state index < -0.39 is 0 Å². The van der Waals surface area contributed by atoms with Gasteiger partial charge in [-0.3, -0.25) is 4.68 Å². The lowest BCUT2D eigenvalue weighted by Gasteiger charge is -2.05. The lowest BCUT2D eigenvalue weighted by molar-refractivity contribution is 0.298.